The summed E-state index contributed by atoms with van der Waals surface area (Å²) in [6.07, 6.45) is 6.03. The average Bonchev–Trinajstić information content (AvgIpc) is 3.08. The van der Waals surface area contributed by atoms with Crippen molar-refractivity contribution in [3.63, 3.8) is 0 Å². The summed E-state index contributed by atoms with van der Waals surface area (Å²) in [6.45, 7) is 1.67. The molecule has 1 N–H and O–H groups in total. The van der Waals surface area contributed by atoms with Gasteiger partial charge in [0.15, 0.2) is 0 Å². The lowest BCUT2D eigenvalue weighted by molar-refractivity contribution is -0.125. The van der Waals surface area contributed by atoms with Crippen LogP contribution in [0.25, 0.3) is 11.3 Å². The van der Waals surface area contributed by atoms with Gasteiger partial charge >= 0.3 is 0 Å². The van der Waals surface area contributed by atoms with Gasteiger partial charge in [-0.1, -0.05) is 6.07 Å². The van der Waals surface area contributed by atoms with Crippen LogP contribution in [0.1, 0.15) is 12.0 Å². The predicted octanol–water partition coefficient (Wildman–Crippen LogP) is 1.80. The first kappa shape index (κ1) is 13.7. The molecule has 0 aromatic carbocycles. The zero-order valence-corrected chi connectivity index (χ0v) is 11.7. The number of rotatable bonds is 4. The maximum Gasteiger partial charge on any atom is 0.225 e. The van der Waals surface area contributed by atoms with E-state index in [9.17, 15) is 4.79 Å². The van der Waals surface area contributed by atoms with Crippen LogP contribution < -0.4 is 5.32 Å². The Hall–Kier alpha value is -2.27. The third-order valence-corrected chi connectivity index (χ3v) is 3.60. The Morgan fingerprint density at radius 1 is 1.29 bits per heavy atom. The molecular weight excluding hydrogens is 266 g/mol. The minimum Gasteiger partial charge on any atom is -0.381 e. The predicted molar refractivity (Wildman–Crippen MR) is 78.2 cm³/mol. The van der Waals surface area contributed by atoms with E-state index in [2.05, 4.69) is 15.3 Å². The minimum atomic E-state index is -0.0222. The minimum absolute atomic E-state index is 0.0222. The molecule has 2 aromatic heterocycles. The van der Waals surface area contributed by atoms with Crippen molar-refractivity contribution in [2.75, 3.05) is 13.2 Å². The number of carbonyl (C=O) groups excluding carboxylic acids is 1. The standard InChI is InChI=1S/C16H17N3O2/c20-16(14-5-9-21-11-14)19-10-13-2-1-6-18-15(13)12-3-7-17-8-4-12/h1-4,6-8,14H,5,9-11H2,(H,19,20). The van der Waals surface area contributed by atoms with Gasteiger partial charge in [0.2, 0.25) is 5.91 Å². The van der Waals surface area contributed by atoms with Gasteiger partial charge in [0.1, 0.15) is 0 Å². The number of hydrogen-bond acceptors (Lipinski definition) is 4. The van der Waals surface area contributed by atoms with Crippen molar-refractivity contribution in [2.24, 2.45) is 5.92 Å². The molecule has 0 spiro atoms. The number of nitrogens with zero attached hydrogens (tertiary/aromatic N) is 2. The molecule has 5 nitrogen and oxygen atoms in total. The van der Waals surface area contributed by atoms with E-state index in [0.717, 1.165) is 23.2 Å². The Morgan fingerprint density at radius 3 is 2.90 bits per heavy atom. The van der Waals surface area contributed by atoms with Crippen molar-refractivity contribution >= 4 is 5.91 Å². The van der Waals surface area contributed by atoms with Crippen molar-refractivity contribution in [3.8, 4) is 11.3 Å². The van der Waals surface area contributed by atoms with E-state index in [0.29, 0.717) is 19.8 Å². The number of nitrogens with one attached hydrogen (secondary N) is 1. The number of carbonyl (C=O) groups is 1. The first-order chi connectivity index (χ1) is 10.3. The Labute approximate surface area is 123 Å². The van der Waals surface area contributed by atoms with Crippen LogP contribution in [0.15, 0.2) is 42.9 Å². The quantitative estimate of drug-likeness (QED) is 0.929. The molecule has 21 heavy (non-hydrogen) atoms. The Bertz CT molecular complexity index is 610. The highest BCUT2D eigenvalue weighted by Crippen LogP contribution is 2.20. The number of amides is 1. The molecule has 1 unspecified atom stereocenters. The fourth-order valence-corrected chi connectivity index (χ4v) is 2.42. The molecule has 1 saturated heterocycles. The van der Waals surface area contributed by atoms with Crippen LogP contribution in [-0.2, 0) is 16.1 Å². The van der Waals surface area contributed by atoms with Crippen LogP contribution >= 0.6 is 0 Å². The summed E-state index contributed by atoms with van der Waals surface area (Å²) in [5.41, 5.74) is 2.87. The lowest BCUT2D eigenvalue weighted by atomic mass is 10.1. The van der Waals surface area contributed by atoms with Crippen LogP contribution in [0.3, 0.4) is 0 Å². The molecule has 3 rings (SSSR count). The van der Waals surface area contributed by atoms with Gasteiger partial charge in [-0.05, 0) is 30.2 Å². The summed E-state index contributed by atoms with van der Waals surface area (Å²) < 4.78 is 5.24. The van der Waals surface area contributed by atoms with E-state index in [1.165, 1.54) is 0 Å². The summed E-state index contributed by atoms with van der Waals surface area (Å²) in [4.78, 5) is 20.5. The van der Waals surface area contributed by atoms with Crippen LogP contribution in [0.5, 0.6) is 0 Å². The molecule has 1 aliphatic heterocycles. The molecular formula is C16H17N3O2. The highest BCUT2D eigenvalue weighted by Gasteiger charge is 2.23. The lowest BCUT2D eigenvalue weighted by Crippen LogP contribution is -2.30. The first-order valence-electron chi connectivity index (χ1n) is 7.04. The average molecular weight is 283 g/mol. The SMILES string of the molecule is O=C(NCc1cccnc1-c1ccncc1)C1CCOC1. The van der Waals surface area contributed by atoms with Gasteiger partial charge in [0.05, 0.1) is 18.2 Å². The number of hydrogen-bond donors (Lipinski definition) is 1. The van der Waals surface area contributed by atoms with E-state index < -0.39 is 0 Å². The monoisotopic (exact) mass is 283 g/mol. The number of aromatic nitrogens is 2. The Balaban J connectivity index is 1.72. The fourth-order valence-electron chi connectivity index (χ4n) is 2.42. The molecule has 0 bridgehead atoms. The van der Waals surface area contributed by atoms with Crippen molar-refractivity contribution < 1.29 is 9.53 Å². The van der Waals surface area contributed by atoms with Gasteiger partial charge in [-0.3, -0.25) is 14.8 Å². The van der Waals surface area contributed by atoms with Crippen LogP contribution in [-0.4, -0.2) is 29.1 Å². The van der Waals surface area contributed by atoms with E-state index in [1.54, 1.807) is 18.6 Å². The molecule has 5 heteroatoms. The molecule has 1 atom stereocenters. The summed E-state index contributed by atoms with van der Waals surface area (Å²) in [5.74, 6) is 0.0306. The molecule has 1 aliphatic rings. The summed E-state index contributed by atoms with van der Waals surface area (Å²) in [5, 5.41) is 2.98. The molecule has 0 saturated carbocycles. The number of pyridine rings is 2. The molecule has 3 heterocycles. The van der Waals surface area contributed by atoms with Crippen LogP contribution in [0, 0.1) is 5.92 Å². The zero-order valence-electron chi connectivity index (χ0n) is 11.7. The van der Waals surface area contributed by atoms with Gasteiger partial charge in [-0.2, -0.15) is 0 Å². The van der Waals surface area contributed by atoms with Gasteiger partial charge < -0.3 is 10.1 Å². The van der Waals surface area contributed by atoms with Gasteiger partial charge in [0.25, 0.3) is 0 Å². The highest BCUT2D eigenvalue weighted by molar-refractivity contribution is 5.79. The van der Waals surface area contributed by atoms with Crippen molar-refractivity contribution in [2.45, 2.75) is 13.0 Å². The summed E-state index contributed by atoms with van der Waals surface area (Å²) in [7, 11) is 0. The van der Waals surface area contributed by atoms with Gasteiger partial charge in [-0.15, -0.1) is 0 Å². The molecule has 0 aliphatic carbocycles. The molecule has 2 aromatic rings. The largest absolute Gasteiger partial charge is 0.381 e. The van der Waals surface area contributed by atoms with Crippen molar-refractivity contribution in [1.82, 2.24) is 15.3 Å². The molecule has 1 fully saturated rings. The van der Waals surface area contributed by atoms with Crippen LogP contribution in [0.4, 0.5) is 0 Å². The lowest BCUT2D eigenvalue weighted by Gasteiger charge is -2.12. The second-order valence-electron chi connectivity index (χ2n) is 5.03. The van der Waals surface area contributed by atoms with Crippen molar-refractivity contribution in [1.29, 1.82) is 0 Å². The normalized spacial score (nSPS) is 17.6. The van der Waals surface area contributed by atoms with Crippen LogP contribution in [0.2, 0.25) is 0 Å². The third-order valence-electron chi connectivity index (χ3n) is 3.60. The number of ether oxygens (including phenoxy) is 1. The van der Waals surface area contributed by atoms with E-state index >= 15 is 0 Å². The van der Waals surface area contributed by atoms with E-state index in [4.69, 9.17) is 4.74 Å². The maximum atomic E-state index is 12.0. The molecule has 1 amide bonds. The molecule has 108 valence electrons. The van der Waals surface area contributed by atoms with E-state index in [1.807, 2.05) is 24.3 Å². The summed E-state index contributed by atoms with van der Waals surface area (Å²) >= 11 is 0. The third kappa shape index (κ3) is 3.25. The highest BCUT2D eigenvalue weighted by atomic mass is 16.5. The Morgan fingerprint density at radius 2 is 2.14 bits per heavy atom. The zero-order chi connectivity index (χ0) is 14.5. The van der Waals surface area contributed by atoms with Crippen molar-refractivity contribution in [3.05, 3.63) is 48.4 Å². The van der Waals surface area contributed by atoms with Gasteiger partial charge in [-0.25, -0.2) is 0 Å². The first-order valence-corrected chi connectivity index (χ1v) is 7.04. The fraction of sp³-hybridized carbons (Fsp3) is 0.312. The second-order valence-corrected chi connectivity index (χ2v) is 5.03. The van der Waals surface area contributed by atoms with E-state index in [-0.39, 0.29) is 11.8 Å². The van der Waals surface area contributed by atoms with Gasteiger partial charge in [0, 0.05) is 37.3 Å². The smallest absolute Gasteiger partial charge is 0.225 e. The topological polar surface area (TPSA) is 64.1 Å². The maximum absolute atomic E-state index is 12.0. The molecule has 0 radical (unpaired) electrons. The second kappa shape index (κ2) is 6.45. The summed E-state index contributed by atoms with van der Waals surface area (Å²) in [6, 6.07) is 7.69. The Kier molecular flexibility index (Phi) is 4.21.